The maximum Gasteiger partial charge on any atom is 0.419 e. The van der Waals surface area contributed by atoms with E-state index >= 15 is 4.39 Å². The molecule has 0 saturated heterocycles. The zero-order valence-electron chi connectivity index (χ0n) is 26.0. The molecule has 0 fully saturated rings. The first-order valence-corrected chi connectivity index (χ1v) is 15.1. The van der Waals surface area contributed by atoms with E-state index in [0.29, 0.717) is 53.5 Å². The molecule has 0 bridgehead atoms. The van der Waals surface area contributed by atoms with Crippen molar-refractivity contribution >= 4 is 35.2 Å². The summed E-state index contributed by atoms with van der Waals surface area (Å²) in [6.45, 7) is 6.05. The lowest BCUT2D eigenvalue weighted by Crippen LogP contribution is -2.31. The maximum absolute atomic E-state index is 16.5. The fraction of sp³-hybridized carbons (Fsp3) is 0.333. The van der Waals surface area contributed by atoms with Crippen molar-refractivity contribution in [3.63, 3.8) is 0 Å². The Labute approximate surface area is 274 Å². The van der Waals surface area contributed by atoms with Gasteiger partial charge in [-0.3, -0.25) is 4.79 Å². The van der Waals surface area contributed by atoms with Crippen LogP contribution in [-0.4, -0.2) is 43.3 Å². The van der Waals surface area contributed by atoms with Gasteiger partial charge in [-0.05, 0) is 43.0 Å². The number of esters is 1. The highest BCUT2D eigenvalue weighted by atomic mass is 35.5. The number of para-hydroxylation sites is 1. The molecule has 14 heteroatoms. The van der Waals surface area contributed by atoms with Crippen LogP contribution in [0.25, 0.3) is 27.8 Å². The zero-order valence-corrected chi connectivity index (χ0v) is 26.8. The Balaban J connectivity index is 0.00000433. The number of nitrogens with two attached hydrogens (primary N) is 1. The Morgan fingerprint density at radius 1 is 1.11 bits per heavy atom. The lowest BCUT2D eigenvalue weighted by Gasteiger charge is -2.27. The number of nitrogens with zero attached hydrogens (tertiary/aromatic N) is 5. The number of hydrogen-bond acceptors (Lipinski definition) is 7. The predicted octanol–water partition coefficient (Wildman–Crippen LogP) is 6.47. The molecule has 248 valence electrons. The van der Waals surface area contributed by atoms with Crippen LogP contribution in [0.3, 0.4) is 0 Å². The smallest absolute Gasteiger partial charge is 0.419 e. The minimum Gasteiger partial charge on any atom is -0.460 e. The molecular weight excluding hydrogens is 638 g/mol. The standard InChI is InChI=1S/C33H33F4N7O2.ClH/c1-4-19-7-6-8-20(5-2)29(19)44-30(27-23-9-11-39-28(23)21(13-25(27)34)17-46-31(45)18(3)38)24-16-43(12-10-26(24)42-44)32-40-14-22(15-41-32)33(35,36)37;/h6-9,11,13-15,18,39H,4-5,10,12,16-17,38H2,1-3H3;1H/t18-;/m0./s1. The number of alkyl halides is 3. The maximum atomic E-state index is 16.5. The molecule has 0 radical (unpaired) electrons. The van der Waals surface area contributed by atoms with Crippen molar-refractivity contribution in [2.24, 2.45) is 5.73 Å². The Morgan fingerprint density at radius 2 is 1.79 bits per heavy atom. The molecule has 1 atom stereocenters. The fourth-order valence-electron chi connectivity index (χ4n) is 5.98. The van der Waals surface area contributed by atoms with Crippen LogP contribution in [0.4, 0.5) is 23.5 Å². The number of carbonyl (C=O) groups excluding carboxylic acids is 1. The van der Waals surface area contributed by atoms with E-state index in [1.54, 1.807) is 17.2 Å². The van der Waals surface area contributed by atoms with Crippen molar-refractivity contribution in [2.45, 2.75) is 65.4 Å². The first-order valence-electron chi connectivity index (χ1n) is 15.1. The van der Waals surface area contributed by atoms with Gasteiger partial charge in [0.2, 0.25) is 5.95 Å². The quantitative estimate of drug-likeness (QED) is 0.144. The molecule has 3 aromatic heterocycles. The molecule has 47 heavy (non-hydrogen) atoms. The van der Waals surface area contributed by atoms with E-state index in [2.05, 4.69) is 15.0 Å². The normalized spacial score (nSPS) is 13.7. The van der Waals surface area contributed by atoms with Crippen molar-refractivity contribution in [3.05, 3.63) is 88.3 Å². The highest BCUT2D eigenvalue weighted by molar-refractivity contribution is 5.98. The second-order valence-corrected chi connectivity index (χ2v) is 11.3. The summed E-state index contributed by atoms with van der Waals surface area (Å²) in [5, 5.41) is 5.62. The fourth-order valence-corrected chi connectivity index (χ4v) is 5.98. The van der Waals surface area contributed by atoms with E-state index in [1.807, 2.05) is 36.7 Å². The number of nitrogens with one attached hydrogen (secondary N) is 1. The minimum atomic E-state index is -4.56. The molecule has 6 rings (SSSR count). The van der Waals surface area contributed by atoms with Gasteiger partial charge in [-0.1, -0.05) is 32.0 Å². The summed E-state index contributed by atoms with van der Waals surface area (Å²) in [6, 6.07) is 8.33. The van der Waals surface area contributed by atoms with Crippen molar-refractivity contribution in [1.29, 1.82) is 0 Å². The molecule has 0 spiro atoms. The van der Waals surface area contributed by atoms with Gasteiger partial charge >= 0.3 is 12.1 Å². The second kappa shape index (κ2) is 13.3. The molecule has 1 aliphatic rings. The summed E-state index contributed by atoms with van der Waals surface area (Å²) in [4.78, 5) is 25.1. The molecule has 4 heterocycles. The van der Waals surface area contributed by atoms with E-state index in [0.717, 1.165) is 40.5 Å². The van der Waals surface area contributed by atoms with Crippen molar-refractivity contribution in [1.82, 2.24) is 24.7 Å². The molecule has 5 aromatic rings. The number of H-pyrrole nitrogens is 1. The number of ether oxygens (including phenoxy) is 1. The third-order valence-electron chi connectivity index (χ3n) is 8.32. The van der Waals surface area contributed by atoms with Crippen molar-refractivity contribution in [3.8, 4) is 16.9 Å². The zero-order chi connectivity index (χ0) is 32.7. The van der Waals surface area contributed by atoms with Crippen LogP contribution in [0.1, 0.15) is 54.3 Å². The van der Waals surface area contributed by atoms with Crippen molar-refractivity contribution in [2.75, 3.05) is 11.4 Å². The Hall–Kier alpha value is -4.49. The van der Waals surface area contributed by atoms with Gasteiger partial charge in [-0.15, -0.1) is 12.4 Å². The molecule has 0 saturated carbocycles. The van der Waals surface area contributed by atoms with Crippen LogP contribution in [0.5, 0.6) is 0 Å². The summed E-state index contributed by atoms with van der Waals surface area (Å²) in [6.07, 6.45) is 0.545. The van der Waals surface area contributed by atoms with Crippen LogP contribution in [0.15, 0.2) is 48.9 Å². The highest BCUT2D eigenvalue weighted by Gasteiger charge is 2.34. The number of aryl methyl sites for hydroxylation is 2. The number of aromatic nitrogens is 5. The minimum absolute atomic E-state index is 0. The number of hydrogen-bond donors (Lipinski definition) is 2. The summed E-state index contributed by atoms with van der Waals surface area (Å²) in [5.74, 6) is -1.01. The lowest BCUT2D eigenvalue weighted by molar-refractivity contribution is -0.146. The molecular formula is C33H34ClF4N7O2. The van der Waals surface area contributed by atoms with Crippen LogP contribution < -0.4 is 10.6 Å². The number of benzene rings is 2. The van der Waals surface area contributed by atoms with Crippen LogP contribution >= 0.6 is 12.4 Å². The van der Waals surface area contributed by atoms with Gasteiger partial charge in [0, 0.05) is 60.2 Å². The molecule has 0 aliphatic carbocycles. The summed E-state index contributed by atoms with van der Waals surface area (Å²) < 4.78 is 63.3. The van der Waals surface area contributed by atoms with Gasteiger partial charge in [0.15, 0.2) is 0 Å². The highest BCUT2D eigenvalue weighted by Crippen LogP contribution is 2.41. The van der Waals surface area contributed by atoms with Gasteiger partial charge in [0.1, 0.15) is 18.5 Å². The third-order valence-corrected chi connectivity index (χ3v) is 8.32. The van der Waals surface area contributed by atoms with E-state index in [1.165, 1.54) is 13.0 Å². The molecule has 0 amide bonds. The molecule has 3 N–H and O–H groups in total. The second-order valence-electron chi connectivity index (χ2n) is 11.3. The monoisotopic (exact) mass is 671 g/mol. The van der Waals surface area contributed by atoms with Crippen LogP contribution in [-0.2, 0) is 48.1 Å². The molecule has 2 aromatic carbocycles. The third kappa shape index (κ3) is 6.29. The van der Waals surface area contributed by atoms with Gasteiger partial charge in [-0.2, -0.15) is 18.3 Å². The average molecular weight is 672 g/mol. The Kier molecular flexibility index (Phi) is 9.60. The van der Waals surface area contributed by atoms with Gasteiger partial charge in [0.25, 0.3) is 0 Å². The molecule has 9 nitrogen and oxygen atoms in total. The number of rotatable bonds is 8. The summed E-state index contributed by atoms with van der Waals surface area (Å²) in [5.41, 5.74) is 11.0. The predicted molar refractivity (Wildman–Crippen MR) is 172 cm³/mol. The summed E-state index contributed by atoms with van der Waals surface area (Å²) in [7, 11) is 0. The number of halogens is 5. The number of aromatic amines is 1. The first-order chi connectivity index (χ1) is 22.0. The van der Waals surface area contributed by atoms with Crippen molar-refractivity contribution < 1.29 is 27.1 Å². The molecule has 1 aliphatic heterocycles. The number of anilines is 1. The van der Waals surface area contributed by atoms with E-state index in [4.69, 9.17) is 15.6 Å². The lowest BCUT2D eigenvalue weighted by atomic mass is 9.95. The number of fused-ring (bicyclic) bond motifs is 2. The Morgan fingerprint density at radius 3 is 2.40 bits per heavy atom. The summed E-state index contributed by atoms with van der Waals surface area (Å²) >= 11 is 0. The topological polar surface area (TPSA) is 115 Å². The first kappa shape index (κ1) is 33.9. The number of carbonyl (C=O) groups is 1. The van der Waals surface area contributed by atoms with Crippen LogP contribution in [0, 0.1) is 5.82 Å². The van der Waals surface area contributed by atoms with Crippen LogP contribution in [0.2, 0.25) is 0 Å². The van der Waals surface area contributed by atoms with Gasteiger partial charge in [-0.25, -0.2) is 19.0 Å². The Bertz CT molecular complexity index is 1900. The van der Waals surface area contributed by atoms with Gasteiger partial charge in [0.05, 0.1) is 28.2 Å². The largest absolute Gasteiger partial charge is 0.460 e. The van der Waals surface area contributed by atoms with E-state index < -0.39 is 29.6 Å². The van der Waals surface area contributed by atoms with E-state index in [9.17, 15) is 18.0 Å². The average Bonchev–Trinajstić information content (AvgIpc) is 3.68. The molecule has 0 unspecified atom stereocenters. The van der Waals surface area contributed by atoms with E-state index in [-0.39, 0.29) is 31.5 Å². The van der Waals surface area contributed by atoms with Gasteiger partial charge < -0.3 is 20.4 Å². The SMILES string of the molecule is CCc1cccc(CC)c1-n1nc2c(c1-c1c(F)cc(COC(=O)[C@H](C)N)c3[nH]ccc13)CN(c1ncc(C(F)(F)F)cn1)CC2.Cl.